The van der Waals surface area contributed by atoms with Gasteiger partial charge in [-0.3, -0.25) is 0 Å². The molecule has 3 unspecified atom stereocenters. The molecule has 5 N–H and O–H groups in total. The first-order chi connectivity index (χ1) is 9.11. The minimum atomic E-state index is -1.53. The molecule has 2 aromatic rings. The number of rotatable bonds is 5. The molecule has 0 aromatic carbocycles. The molecular formula is C10H13N5O4. The summed E-state index contributed by atoms with van der Waals surface area (Å²) in [6.45, 7) is -0.659. The lowest BCUT2D eigenvalue weighted by atomic mass is 10.1. The van der Waals surface area contributed by atoms with Crippen LogP contribution in [0.3, 0.4) is 0 Å². The number of aromatic amines is 1. The van der Waals surface area contributed by atoms with E-state index < -0.39 is 24.9 Å². The molecule has 0 aliphatic heterocycles. The summed E-state index contributed by atoms with van der Waals surface area (Å²) in [5, 5.41) is 44.0. The Morgan fingerprint density at radius 2 is 2.00 bits per heavy atom. The summed E-state index contributed by atoms with van der Waals surface area (Å²) in [6, 6.07) is 0. The molecule has 2 aromatic heterocycles. The van der Waals surface area contributed by atoms with E-state index in [2.05, 4.69) is 25.2 Å². The summed E-state index contributed by atoms with van der Waals surface area (Å²) in [7, 11) is 0. The van der Waals surface area contributed by atoms with Crippen LogP contribution in [0.15, 0.2) is 17.4 Å². The van der Waals surface area contributed by atoms with Crippen LogP contribution in [0.25, 0.3) is 11.0 Å². The number of imidazole rings is 1. The van der Waals surface area contributed by atoms with Crippen molar-refractivity contribution in [3.8, 4) is 0 Å². The van der Waals surface area contributed by atoms with Crippen LogP contribution in [0.2, 0.25) is 0 Å². The second-order valence-corrected chi connectivity index (χ2v) is 3.86. The highest BCUT2D eigenvalue weighted by Crippen LogP contribution is 2.13. The van der Waals surface area contributed by atoms with Gasteiger partial charge in [0.25, 0.3) is 0 Å². The number of fused-ring (bicyclic) bond motifs is 1. The highest BCUT2D eigenvalue weighted by molar-refractivity contribution is 5.76. The van der Waals surface area contributed by atoms with E-state index in [1.807, 2.05) is 0 Å². The smallest absolute Gasteiger partial charge is 0.227 e. The van der Waals surface area contributed by atoms with Crippen LogP contribution < -0.4 is 0 Å². The zero-order valence-corrected chi connectivity index (χ0v) is 9.75. The number of H-pyrrole nitrogens is 1. The lowest BCUT2D eigenvalue weighted by Gasteiger charge is -2.17. The summed E-state index contributed by atoms with van der Waals surface area (Å²) in [5.74, 6) is 0.203. The lowest BCUT2D eigenvalue weighted by molar-refractivity contribution is -0.0541. The third-order valence-electron chi connectivity index (χ3n) is 2.46. The molecule has 0 amide bonds. The standard InChI is InChI=1S/C10H13N5O4/c16-4-8(18)9(19)7(17)3-11-10-14-5-1-12-13-2-6(5)15-10/h1-3,7-9,16-19H,4H2,(H,14,15). The Morgan fingerprint density at radius 3 is 2.68 bits per heavy atom. The molecule has 9 heteroatoms. The first-order valence-electron chi connectivity index (χ1n) is 5.47. The number of hydrogen-bond acceptors (Lipinski definition) is 8. The van der Waals surface area contributed by atoms with Crippen molar-refractivity contribution in [2.75, 3.05) is 6.61 Å². The Bertz CT molecular complexity index is 539. The molecule has 0 fully saturated rings. The number of nitrogens with zero attached hydrogens (tertiary/aromatic N) is 4. The van der Waals surface area contributed by atoms with E-state index in [9.17, 15) is 10.2 Å². The van der Waals surface area contributed by atoms with Crippen molar-refractivity contribution < 1.29 is 20.4 Å². The van der Waals surface area contributed by atoms with Crippen molar-refractivity contribution in [2.45, 2.75) is 18.3 Å². The molecule has 102 valence electrons. The van der Waals surface area contributed by atoms with Gasteiger partial charge in [-0.2, -0.15) is 10.2 Å². The van der Waals surface area contributed by atoms with Crippen molar-refractivity contribution in [3.05, 3.63) is 12.4 Å². The molecule has 19 heavy (non-hydrogen) atoms. The summed E-state index contributed by atoms with van der Waals surface area (Å²) >= 11 is 0. The largest absolute Gasteiger partial charge is 0.394 e. The molecule has 2 heterocycles. The van der Waals surface area contributed by atoms with Crippen LogP contribution in [-0.2, 0) is 0 Å². The summed E-state index contributed by atoms with van der Waals surface area (Å²) < 4.78 is 0. The van der Waals surface area contributed by atoms with E-state index >= 15 is 0 Å². The molecule has 0 spiro atoms. The lowest BCUT2D eigenvalue weighted by Crippen LogP contribution is -2.40. The number of aliphatic hydroxyl groups is 4. The molecule has 0 aliphatic carbocycles. The number of aliphatic imine (C=N–C) groups is 1. The average molecular weight is 267 g/mol. The van der Waals surface area contributed by atoms with Crippen molar-refractivity contribution in [1.29, 1.82) is 0 Å². The fourth-order valence-corrected chi connectivity index (χ4v) is 1.39. The van der Waals surface area contributed by atoms with Crippen LogP contribution in [0.5, 0.6) is 0 Å². The van der Waals surface area contributed by atoms with Crippen molar-refractivity contribution in [3.63, 3.8) is 0 Å². The van der Waals surface area contributed by atoms with Gasteiger partial charge in [-0.05, 0) is 0 Å². The molecule has 0 saturated heterocycles. The van der Waals surface area contributed by atoms with E-state index in [-0.39, 0.29) is 5.95 Å². The molecular weight excluding hydrogens is 254 g/mol. The van der Waals surface area contributed by atoms with Gasteiger partial charge in [0, 0.05) is 6.21 Å². The highest BCUT2D eigenvalue weighted by Gasteiger charge is 2.22. The van der Waals surface area contributed by atoms with Gasteiger partial charge < -0.3 is 25.4 Å². The van der Waals surface area contributed by atoms with E-state index in [0.717, 1.165) is 6.21 Å². The predicted molar refractivity (Wildman–Crippen MR) is 64.9 cm³/mol. The van der Waals surface area contributed by atoms with E-state index in [1.54, 1.807) is 0 Å². The van der Waals surface area contributed by atoms with Crippen LogP contribution >= 0.6 is 0 Å². The Kier molecular flexibility index (Phi) is 4.12. The monoisotopic (exact) mass is 267 g/mol. The number of aromatic nitrogens is 4. The summed E-state index contributed by atoms with van der Waals surface area (Å²) in [4.78, 5) is 10.7. The van der Waals surface area contributed by atoms with Crippen LogP contribution in [0.4, 0.5) is 5.95 Å². The van der Waals surface area contributed by atoms with Crippen molar-refractivity contribution >= 4 is 23.2 Å². The normalized spacial score (nSPS) is 16.8. The molecule has 0 bridgehead atoms. The molecule has 3 atom stereocenters. The van der Waals surface area contributed by atoms with Crippen LogP contribution in [-0.4, -0.2) is 71.7 Å². The Balaban J connectivity index is 2.09. The average Bonchev–Trinajstić information content (AvgIpc) is 2.85. The quantitative estimate of drug-likeness (QED) is 0.398. The zero-order chi connectivity index (χ0) is 13.8. The highest BCUT2D eigenvalue weighted by atomic mass is 16.4. The second kappa shape index (κ2) is 5.80. The van der Waals surface area contributed by atoms with Gasteiger partial charge in [-0.1, -0.05) is 0 Å². The topological polar surface area (TPSA) is 148 Å². The molecule has 2 rings (SSSR count). The summed E-state index contributed by atoms with van der Waals surface area (Å²) in [6.07, 6.45) is -0.450. The first kappa shape index (κ1) is 13.5. The molecule has 0 aliphatic rings. The molecule has 0 saturated carbocycles. The van der Waals surface area contributed by atoms with Gasteiger partial charge >= 0.3 is 0 Å². The van der Waals surface area contributed by atoms with E-state index in [4.69, 9.17) is 10.2 Å². The van der Waals surface area contributed by atoms with E-state index in [1.165, 1.54) is 12.4 Å². The Hall–Kier alpha value is -1.94. The summed E-state index contributed by atoms with van der Waals surface area (Å²) in [5.41, 5.74) is 1.19. The first-order valence-corrected chi connectivity index (χ1v) is 5.47. The fourth-order valence-electron chi connectivity index (χ4n) is 1.39. The van der Waals surface area contributed by atoms with Crippen molar-refractivity contribution in [1.82, 2.24) is 20.2 Å². The Labute approximate surface area is 107 Å². The third-order valence-corrected chi connectivity index (χ3v) is 2.46. The number of hydrogen-bond donors (Lipinski definition) is 5. The van der Waals surface area contributed by atoms with Gasteiger partial charge in [0.05, 0.1) is 24.5 Å². The van der Waals surface area contributed by atoms with Gasteiger partial charge in [-0.15, -0.1) is 0 Å². The van der Waals surface area contributed by atoms with Gasteiger partial charge in [0.2, 0.25) is 5.95 Å². The maximum absolute atomic E-state index is 9.52. The minimum Gasteiger partial charge on any atom is -0.394 e. The second-order valence-electron chi connectivity index (χ2n) is 3.86. The Morgan fingerprint density at radius 1 is 1.26 bits per heavy atom. The fraction of sp³-hybridized carbons (Fsp3) is 0.400. The molecule has 0 radical (unpaired) electrons. The van der Waals surface area contributed by atoms with Gasteiger partial charge in [0.1, 0.15) is 23.8 Å². The number of aliphatic hydroxyl groups excluding tert-OH is 4. The predicted octanol–water partition coefficient (Wildman–Crippen LogP) is -1.87. The van der Waals surface area contributed by atoms with Crippen LogP contribution in [0.1, 0.15) is 0 Å². The molecule has 9 nitrogen and oxygen atoms in total. The van der Waals surface area contributed by atoms with Gasteiger partial charge in [-0.25, -0.2) is 9.98 Å². The van der Waals surface area contributed by atoms with Gasteiger partial charge in [0.15, 0.2) is 0 Å². The number of nitrogens with one attached hydrogen (secondary N) is 1. The van der Waals surface area contributed by atoms with Crippen molar-refractivity contribution in [2.24, 2.45) is 4.99 Å². The maximum atomic E-state index is 9.52. The SMILES string of the molecule is OCC(O)C(O)C(O)C=Nc1nc2cnncc2[nH]1. The van der Waals surface area contributed by atoms with Crippen LogP contribution in [0, 0.1) is 0 Å². The minimum absolute atomic E-state index is 0.203. The maximum Gasteiger partial charge on any atom is 0.227 e. The third kappa shape index (κ3) is 3.09. The van der Waals surface area contributed by atoms with E-state index in [0.29, 0.717) is 11.0 Å². The zero-order valence-electron chi connectivity index (χ0n) is 9.75.